The molecule has 1 aliphatic heterocycles. The lowest BCUT2D eigenvalue weighted by Gasteiger charge is -2.38. The lowest BCUT2D eigenvalue weighted by atomic mass is 10.0. The second-order valence-electron chi connectivity index (χ2n) is 5.44. The van der Waals surface area contributed by atoms with Gasteiger partial charge in [0.05, 0.1) is 6.20 Å². The van der Waals surface area contributed by atoms with Gasteiger partial charge < -0.3 is 0 Å². The summed E-state index contributed by atoms with van der Waals surface area (Å²) in [5.74, 6) is 0.569. The number of carbonyl (C=O) groups excluding carboxylic acids is 1. The Hall–Kier alpha value is -0.940. The van der Waals surface area contributed by atoms with Crippen LogP contribution in [0.2, 0.25) is 0 Å². The van der Waals surface area contributed by atoms with E-state index in [4.69, 9.17) is 0 Å². The van der Waals surface area contributed by atoms with E-state index in [-0.39, 0.29) is 11.7 Å². The standard InChI is InChI=1S/C15H21FN2OS/c1-10(9-18-6-7-20-12(3)11(18)2)15(19)14-5-4-13(16)8-17-14/h4-5,8,10-12H,6-7,9H2,1-3H3. The molecular formula is C15H21FN2OS. The Bertz CT molecular complexity index is 465. The van der Waals surface area contributed by atoms with E-state index >= 15 is 0 Å². The van der Waals surface area contributed by atoms with Crippen molar-refractivity contribution in [2.24, 2.45) is 5.92 Å². The number of thioether (sulfide) groups is 1. The predicted octanol–water partition coefficient (Wildman–Crippen LogP) is 2.87. The highest BCUT2D eigenvalue weighted by atomic mass is 32.2. The van der Waals surface area contributed by atoms with Crippen molar-refractivity contribution in [3.63, 3.8) is 0 Å². The first kappa shape index (κ1) is 15.4. The van der Waals surface area contributed by atoms with E-state index in [0.717, 1.165) is 25.0 Å². The van der Waals surface area contributed by atoms with E-state index in [0.29, 0.717) is 17.0 Å². The van der Waals surface area contributed by atoms with Crippen LogP contribution in [0.1, 0.15) is 31.3 Å². The number of pyridine rings is 1. The Morgan fingerprint density at radius 3 is 2.95 bits per heavy atom. The number of rotatable bonds is 4. The molecule has 0 bridgehead atoms. The molecular weight excluding hydrogens is 275 g/mol. The summed E-state index contributed by atoms with van der Waals surface area (Å²) < 4.78 is 12.8. The van der Waals surface area contributed by atoms with Gasteiger partial charge in [0, 0.05) is 36.1 Å². The molecule has 0 saturated carbocycles. The minimum Gasteiger partial charge on any atom is -0.298 e. The van der Waals surface area contributed by atoms with Gasteiger partial charge >= 0.3 is 0 Å². The van der Waals surface area contributed by atoms with E-state index in [9.17, 15) is 9.18 Å². The molecule has 3 unspecified atom stereocenters. The zero-order valence-corrected chi connectivity index (χ0v) is 13.0. The Morgan fingerprint density at radius 1 is 1.55 bits per heavy atom. The van der Waals surface area contributed by atoms with Gasteiger partial charge in [0.25, 0.3) is 0 Å². The van der Waals surface area contributed by atoms with Crippen molar-refractivity contribution in [1.29, 1.82) is 0 Å². The van der Waals surface area contributed by atoms with Crippen molar-refractivity contribution in [1.82, 2.24) is 9.88 Å². The minimum absolute atomic E-state index is 0.0110. The smallest absolute Gasteiger partial charge is 0.185 e. The van der Waals surface area contributed by atoms with Crippen LogP contribution < -0.4 is 0 Å². The van der Waals surface area contributed by atoms with Gasteiger partial charge in [-0.3, -0.25) is 14.7 Å². The molecule has 2 rings (SSSR count). The number of nitrogens with zero attached hydrogens (tertiary/aromatic N) is 2. The number of hydrogen-bond donors (Lipinski definition) is 0. The number of hydrogen-bond acceptors (Lipinski definition) is 4. The molecule has 3 atom stereocenters. The summed E-state index contributed by atoms with van der Waals surface area (Å²) in [7, 11) is 0. The Balaban J connectivity index is 1.98. The molecule has 1 aromatic rings. The van der Waals surface area contributed by atoms with E-state index < -0.39 is 5.82 Å². The highest BCUT2D eigenvalue weighted by molar-refractivity contribution is 8.00. The first-order valence-electron chi connectivity index (χ1n) is 7.00. The van der Waals surface area contributed by atoms with Crippen molar-refractivity contribution in [2.45, 2.75) is 32.1 Å². The van der Waals surface area contributed by atoms with Crippen molar-refractivity contribution >= 4 is 17.5 Å². The molecule has 1 aromatic heterocycles. The van der Waals surface area contributed by atoms with Gasteiger partial charge in [0.2, 0.25) is 0 Å². The van der Waals surface area contributed by atoms with Crippen LogP contribution in [0.3, 0.4) is 0 Å². The summed E-state index contributed by atoms with van der Waals surface area (Å²) in [6, 6.07) is 3.23. The molecule has 0 aromatic carbocycles. The number of Topliss-reactive ketones (excluding diaryl/α,β-unsaturated/α-hetero) is 1. The number of ketones is 1. The molecule has 2 heterocycles. The molecule has 3 nitrogen and oxygen atoms in total. The average molecular weight is 296 g/mol. The molecule has 20 heavy (non-hydrogen) atoms. The summed E-state index contributed by atoms with van der Waals surface area (Å²) in [4.78, 5) is 18.5. The van der Waals surface area contributed by atoms with E-state index in [1.165, 1.54) is 12.1 Å². The van der Waals surface area contributed by atoms with Crippen molar-refractivity contribution in [2.75, 3.05) is 18.8 Å². The van der Waals surface area contributed by atoms with Crippen LogP contribution >= 0.6 is 11.8 Å². The van der Waals surface area contributed by atoms with Crippen LogP contribution in [0.15, 0.2) is 18.3 Å². The largest absolute Gasteiger partial charge is 0.298 e. The average Bonchev–Trinajstić information content (AvgIpc) is 2.44. The topological polar surface area (TPSA) is 33.2 Å². The highest BCUT2D eigenvalue weighted by Gasteiger charge is 2.28. The van der Waals surface area contributed by atoms with Gasteiger partial charge in [-0.15, -0.1) is 0 Å². The second kappa shape index (κ2) is 6.68. The zero-order chi connectivity index (χ0) is 14.7. The van der Waals surface area contributed by atoms with E-state index in [1.54, 1.807) is 0 Å². The van der Waals surface area contributed by atoms with Gasteiger partial charge in [-0.1, -0.05) is 13.8 Å². The van der Waals surface area contributed by atoms with Crippen LogP contribution in [-0.2, 0) is 0 Å². The normalized spacial score (nSPS) is 25.4. The second-order valence-corrected chi connectivity index (χ2v) is 6.92. The third kappa shape index (κ3) is 3.58. The van der Waals surface area contributed by atoms with Gasteiger partial charge in [0.15, 0.2) is 5.78 Å². The number of halogens is 1. The molecule has 0 N–H and O–H groups in total. The highest BCUT2D eigenvalue weighted by Crippen LogP contribution is 2.25. The maximum Gasteiger partial charge on any atom is 0.185 e. The molecule has 5 heteroatoms. The fourth-order valence-corrected chi connectivity index (χ4v) is 3.62. The van der Waals surface area contributed by atoms with E-state index in [1.807, 2.05) is 18.7 Å². The Kier molecular flexibility index (Phi) is 5.16. The number of carbonyl (C=O) groups is 1. The third-order valence-corrected chi connectivity index (χ3v) is 5.29. The summed E-state index contributed by atoms with van der Waals surface area (Å²) >= 11 is 1.98. The molecule has 110 valence electrons. The zero-order valence-electron chi connectivity index (χ0n) is 12.2. The van der Waals surface area contributed by atoms with Gasteiger partial charge in [-0.25, -0.2) is 4.39 Å². The first-order chi connectivity index (χ1) is 9.49. The predicted molar refractivity (Wildman–Crippen MR) is 80.6 cm³/mol. The molecule has 0 spiro atoms. The summed E-state index contributed by atoms with van der Waals surface area (Å²) in [5.41, 5.74) is 0.353. The lowest BCUT2D eigenvalue weighted by molar-refractivity contribution is 0.0869. The molecule has 0 aliphatic carbocycles. The maximum atomic E-state index is 12.8. The van der Waals surface area contributed by atoms with Crippen molar-refractivity contribution in [3.8, 4) is 0 Å². The van der Waals surface area contributed by atoms with Crippen LogP contribution in [0.25, 0.3) is 0 Å². The fourth-order valence-electron chi connectivity index (χ4n) is 2.46. The summed E-state index contributed by atoms with van der Waals surface area (Å²) in [6.07, 6.45) is 1.10. The lowest BCUT2D eigenvalue weighted by Crippen LogP contribution is -2.47. The molecule has 1 aliphatic rings. The van der Waals surface area contributed by atoms with Gasteiger partial charge in [-0.2, -0.15) is 11.8 Å². The molecule has 0 radical (unpaired) electrons. The van der Waals surface area contributed by atoms with Crippen LogP contribution in [0.4, 0.5) is 4.39 Å². The SMILES string of the molecule is CC(CN1CCSC(C)C1C)C(=O)c1ccc(F)cn1. The van der Waals surface area contributed by atoms with Crippen LogP contribution in [-0.4, -0.2) is 45.8 Å². The monoisotopic (exact) mass is 296 g/mol. The number of aromatic nitrogens is 1. The minimum atomic E-state index is -0.412. The fraction of sp³-hybridized carbons (Fsp3) is 0.600. The first-order valence-corrected chi connectivity index (χ1v) is 8.05. The Labute approximate surface area is 124 Å². The van der Waals surface area contributed by atoms with Gasteiger partial charge in [0.1, 0.15) is 11.5 Å². The van der Waals surface area contributed by atoms with Crippen molar-refractivity contribution < 1.29 is 9.18 Å². The quantitative estimate of drug-likeness (QED) is 0.800. The summed E-state index contributed by atoms with van der Waals surface area (Å²) in [5, 5.41) is 0.593. The molecule has 1 saturated heterocycles. The van der Waals surface area contributed by atoms with E-state index in [2.05, 4.69) is 23.7 Å². The van der Waals surface area contributed by atoms with Gasteiger partial charge in [-0.05, 0) is 19.1 Å². The third-order valence-electron chi connectivity index (χ3n) is 3.95. The van der Waals surface area contributed by atoms with Crippen LogP contribution in [0, 0.1) is 11.7 Å². The molecule has 1 fully saturated rings. The van der Waals surface area contributed by atoms with Crippen LogP contribution in [0.5, 0.6) is 0 Å². The summed E-state index contributed by atoms with van der Waals surface area (Å²) in [6.45, 7) is 8.13. The molecule has 0 amide bonds. The Morgan fingerprint density at radius 2 is 2.30 bits per heavy atom. The van der Waals surface area contributed by atoms with Crippen molar-refractivity contribution in [3.05, 3.63) is 29.8 Å². The maximum absolute atomic E-state index is 12.8.